The molecule has 5 nitrogen and oxygen atoms in total. The molecule has 2 aromatic carbocycles. The number of anilines is 3. The first-order valence-electron chi connectivity index (χ1n) is 7.49. The van der Waals surface area contributed by atoms with Gasteiger partial charge in [-0.2, -0.15) is 0 Å². The summed E-state index contributed by atoms with van der Waals surface area (Å²) in [5.41, 5.74) is 0.937. The quantitative estimate of drug-likeness (QED) is 0.705. The standard InChI is InChI=1S/C18H18N4O/c1-2-19-17-12-18(21-13-20-17)22-14-8-10-16(11-9-14)23-15-6-4-3-5-7-15/h3-13H,2H2,1H3,(H2,19,20,21,22). The fourth-order valence-corrected chi connectivity index (χ4v) is 2.08. The van der Waals surface area contributed by atoms with E-state index in [0.717, 1.165) is 35.4 Å². The average Bonchev–Trinajstić information content (AvgIpc) is 2.58. The van der Waals surface area contributed by atoms with Crippen molar-refractivity contribution < 1.29 is 4.74 Å². The van der Waals surface area contributed by atoms with Crippen LogP contribution in [0, 0.1) is 0 Å². The number of benzene rings is 2. The van der Waals surface area contributed by atoms with E-state index in [0.29, 0.717) is 0 Å². The van der Waals surface area contributed by atoms with Crippen LogP contribution in [0.4, 0.5) is 17.3 Å². The summed E-state index contributed by atoms with van der Waals surface area (Å²) in [7, 11) is 0. The minimum atomic E-state index is 0.743. The van der Waals surface area contributed by atoms with Gasteiger partial charge in [-0.3, -0.25) is 0 Å². The summed E-state index contributed by atoms with van der Waals surface area (Å²) < 4.78 is 5.77. The lowest BCUT2D eigenvalue weighted by atomic mass is 10.3. The SMILES string of the molecule is CCNc1cc(Nc2ccc(Oc3ccccc3)cc2)ncn1. The van der Waals surface area contributed by atoms with E-state index >= 15 is 0 Å². The molecule has 0 aliphatic carbocycles. The van der Waals surface area contributed by atoms with Gasteiger partial charge in [-0.05, 0) is 43.3 Å². The molecule has 0 spiro atoms. The van der Waals surface area contributed by atoms with Crippen LogP contribution in [-0.4, -0.2) is 16.5 Å². The molecule has 1 aromatic heterocycles. The number of nitrogens with one attached hydrogen (secondary N) is 2. The molecule has 5 heteroatoms. The number of nitrogens with zero attached hydrogens (tertiary/aromatic N) is 2. The van der Waals surface area contributed by atoms with E-state index in [4.69, 9.17) is 4.74 Å². The number of hydrogen-bond donors (Lipinski definition) is 2. The molecule has 23 heavy (non-hydrogen) atoms. The smallest absolute Gasteiger partial charge is 0.135 e. The molecule has 0 saturated heterocycles. The Bertz CT molecular complexity index is 744. The number of rotatable bonds is 6. The Balaban J connectivity index is 1.66. The lowest BCUT2D eigenvalue weighted by Crippen LogP contribution is -2.01. The fraction of sp³-hybridized carbons (Fsp3) is 0.111. The Kier molecular flexibility index (Phi) is 4.69. The van der Waals surface area contributed by atoms with Crippen molar-refractivity contribution in [3.8, 4) is 11.5 Å². The lowest BCUT2D eigenvalue weighted by Gasteiger charge is -2.09. The van der Waals surface area contributed by atoms with Crippen molar-refractivity contribution in [3.05, 3.63) is 67.0 Å². The maximum absolute atomic E-state index is 5.77. The second kappa shape index (κ2) is 7.26. The normalized spacial score (nSPS) is 10.1. The topological polar surface area (TPSA) is 59.1 Å². The van der Waals surface area contributed by atoms with E-state index in [-0.39, 0.29) is 0 Å². The molecule has 0 aliphatic heterocycles. The van der Waals surface area contributed by atoms with Gasteiger partial charge in [0.05, 0.1) is 0 Å². The Hall–Kier alpha value is -3.08. The summed E-state index contributed by atoms with van der Waals surface area (Å²) in [5.74, 6) is 3.15. The van der Waals surface area contributed by atoms with E-state index < -0.39 is 0 Å². The second-order valence-electron chi connectivity index (χ2n) is 4.88. The molecule has 0 saturated carbocycles. The number of aromatic nitrogens is 2. The average molecular weight is 306 g/mol. The Morgan fingerprint density at radius 3 is 2.30 bits per heavy atom. The highest BCUT2D eigenvalue weighted by Crippen LogP contribution is 2.24. The molecule has 3 rings (SSSR count). The van der Waals surface area contributed by atoms with Crippen LogP contribution in [0.25, 0.3) is 0 Å². The van der Waals surface area contributed by atoms with Gasteiger partial charge < -0.3 is 15.4 Å². The minimum Gasteiger partial charge on any atom is -0.457 e. The van der Waals surface area contributed by atoms with Crippen LogP contribution in [0.5, 0.6) is 11.5 Å². The van der Waals surface area contributed by atoms with Crippen LogP contribution in [0.3, 0.4) is 0 Å². The first-order chi connectivity index (χ1) is 11.3. The van der Waals surface area contributed by atoms with Gasteiger partial charge in [0, 0.05) is 18.3 Å². The van der Waals surface area contributed by atoms with Crippen molar-refractivity contribution in [3.63, 3.8) is 0 Å². The van der Waals surface area contributed by atoms with Crippen molar-refractivity contribution in [2.45, 2.75) is 6.92 Å². The summed E-state index contributed by atoms with van der Waals surface area (Å²) in [4.78, 5) is 8.36. The summed E-state index contributed by atoms with van der Waals surface area (Å²) in [6.07, 6.45) is 1.53. The van der Waals surface area contributed by atoms with Crippen molar-refractivity contribution in [1.82, 2.24) is 9.97 Å². The van der Waals surface area contributed by atoms with Crippen molar-refractivity contribution in [2.75, 3.05) is 17.2 Å². The highest BCUT2D eigenvalue weighted by Gasteiger charge is 2.00. The summed E-state index contributed by atoms with van der Waals surface area (Å²) in [6.45, 7) is 2.85. The van der Waals surface area contributed by atoms with Gasteiger partial charge >= 0.3 is 0 Å². The Morgan fingerprint density at radius 2 is 1.57 bits per heavy atom. The molecule has 3 aromatic rings. The highest BCUT2D eigenvalue weighted by molar-refractivity contribution is 5.59. The molecule has 1 heterocycles. The molecule has 0 atom stereocenters. The fourth-order valence-electron chi connectivity index (χ4n) is 2.08. The van der Waals surface area contributed by atoms with Gasteiger partial charge in [-0.1, -0.05) is 18.2 Å². The zero-order valence-corrected chi connectivity index (χ0v) is 12.9. The van der Waals surface area contributed by atoms with Crippen molar-refractivity contribution >= 4 is 17.3 Å². The van der Waals surface area contributed by atoms with Crippen molar-refractivity contribution in [2.24, 2.45) is 0 Å². The highest BCUT2D eigenvalue weighted by atomic mass is 16.5. The van der Waals surface area contributed by atoms with Crippen molar-refractivity contribution in [1.29, 1.82) is 0 Å². The predicted molar refractivity (Wildman–Crippen MR) is 92.4 cm³/mol. The second-order valence-corrected chi connectivity index (χ2v) is 4.88. The third kappa shape index (κ3) is 4.20. The molecule has 0 radical (unpaired) electrons. The maximum Gasteiger partial charge on any atom is 0.135 e. The predicted octanol–water partition coefficient (Wildman–Crippen LogP) is 4.44. The Labute approximate surface area is 135 Å². The molecular weight excluding hydrogens is 288 g/mol. The van der Waals surface area contributed by atoms with Gasteiger partial charge in [0.1, 0.15) is 29.5 Å². The molecule has 0 aliphatic rings. The van der Waals surface area contributed by atoms with Gasteiger partial charge in [-0.25, -0.2) is 9.97 Å². The molecule has 0 amide bonds. The molecule has 2 N–H and O–H groups in total. The number of para-hydroxylation sites is 1. The van der Waals surface area contributed by atoms with Crippen LogP contribution in [-0.2, 0) is 0 Å². The molecule has 0 bridgehead atoms. The third-order valence-corrected chi connectivity index (χ3v) is 3.13. The molecule has 116 valence electrons. The maximum atomic E-state index is 5.77. The number of ether oxygens (including phenoxy) is 1. The van der Waals surface area contributed by atoms with Gasteiger partial charge in [0.25, 0.3) is 0 Å². The summed E-state index contributed by atoms with van der Waals surface area (Å²) in [6, 6.07) is 19.3. The summed E-state index contributed by atoms with van der Waals surface area (Å²) >= 11 is 0. The molecule has 0 fully saturated rings. The Morgan fingerprint density at radius 1 is 0.870 bits per heavy atom. The first kappa shape index (κ1) is 14.8. The van der Waals surface area contributed by atoms with E-state index in [1.807, 2.05) is 67.6 Å². The first-order valence-corrected chi connectivity index (χ1v) is 7.49. The molecular formula is C18H18N4O. The van der Waals surface area contributed by atoms with Crippen LogP contribution in [0.2, 0.25) is 0 Å². The zero-order chi connectivity index (χ0) is 15.9. The summed E-state index contributed by atoms with van der Waals surface area (Å²) in [5, 5.41) is 6.41. The van der Waals surface area contributed by atoms with E-state index in [1.165, 1.54) is 6.33 Å². The van der Waals surface area contributed by atoms with Crippen LogP contribution in [0.1, 0.15) is 6.92 Å². The van der Waals surface area contributed by atoms with Crippen LogP contribution >= 0.6 is 0 Å². The van der Waals surface area contributed by atoms with Crippen LogP contribution in [0.15, 0.2) is 67.0 Å². The van der Waals surface area contributed by atoms with Gasteiger partial charge in [0.2, 0.25) is 0 Å². The van der Waals surface area contributed by atoms with E-state index in [2.05, 4.69) is 20.6 Å². The lowest BCUT2D eigenvalue weighted by molar-refractivity contribution is 0.483. The van der Waals surface area contributed by atoms with E-state index in [1.54, 1.807) is 0 Å². The van der Waals surface area contributed by atoms with Gasteiger partial charge in [-0.15, -0.1) is 0 Å². The minimum absolute atomic E-state index is 0.743. The number of hydrogen-bond acceptors (Lipinski definition) is 5. The monoisotopic (exact) mass is 306 g/mol. The molecule has 0 unspecified atom stereocenters. The van der Waals surface area contributed by atoms with Gasteiger partial charge in [0.15, 0.2) is 0 Å². The largest absolute Gasteiger partial charge is 0.457 e. The van der Waals surface area contributed by atoms with Crippen LogP contribution < -0.4 is 15.4 Å². The third-order valence-electron chi connectivity index (χ3n) is 3.13. The van der Waals surface area contributed by atoms with E-state index in [9.17, 15) is 0 Å². The zero-order valence-electron chi connectivity index (χ0n) is 12.9.